The molecule has 10 heteroatoms. The molecule has 1 aliphatic heterocycles. The number of carbonyl (C=O) groups is 2. The quantitative estimate of drug-likeness (QED) is 0.453. The third-order valence-corrected chi connectivity index (χ3v) is 7.75. The molecule has 3 rings (SSSR count). The highest BCUT2D eigenvalue weighted by Gasteiger charge is 2.52. The number of carbonyl (C=O) groups excluding carboxylic acids is 2. The molecule has 0 bridgehead atoms. The largest absolute Gasteiger partial charge is 0.381 e. The number of hydrogen-bond acceptors (Lipinski definition) is 7. The average molecular weight is 448 g/mol. The van der Waals surface area contributed by atoms with E-state index in [2.05, 4.69) is 10.3 Å². The van der Waals surface area contributed by atoms with Gasteiger partial charge in [-0.15, -0.1) is 0 Å². The summed E-state index contributed by atoms with van der Waals surface area (Å²) in [5.41, 5.74) is 3.15. The van der Waals surface area contributed by atoms with Gasteiger partial charge in [-0.25, -0.2) is 13.9 Å². The van der Waals surface area contributed by atoms with E-state index in [1.54, 1.807) is 24.3 Å². The molecular formula is C21H25N3O6S. The van der Waals surface area contributed by atoms with Crippen LogP contribution in [0.25, 0.3) is 11.3 Å². The fourth-order valence-electron chi connectivity index (χ4n) is 3.50. The molecule has 3 N–H and O–H groups in total. The van der Waals surface area contributed by atoms with Crippen LogP contribution < -0.4 is 10.8 Å². The van der Waals surface area contributed by atoms with Gasteiger partial charge < -0.3 is 10.1 Å². The number of hydrogen-bond donors (Lipinski definition) is 3. The number of amides is 2. The van der Waals surface area contributed by atoms with Crippen LogP contribution in [0.15, 0.2) is 47.5 Å². The number of ether oxygens (including phenoxy) is 1. The third-order valence-electron chi connectivity index (χ3n) is 5.24. The fourth-order valence-corrected chi connectivity index (χ4v) is 5.44. The molecule has 0 atom stereocenters. The number of nitrogens with zero attached hydrogens (tertiary/aromatic N) is 1. The Morgan fingerprint density at radius 3 is 2.26 bits per heavy atom. The summed E-state index contributed by atoms with van der Waals surface area (Å²) in [6, 6.07) is 9.33. The van der Waals surface area contributed by atoms with Crippen LogP contribution in [-0.2, 0) is 19.4 Å². The van der Waals surface area contributed by atoms with Crippen molar-refractivity contribution in [1.29, 1.82) is 0 Å². The molecule has 9 nitrogen and oxygen atoms in total. The number of pyridine rings is 1. The summed E-state index contributed by atoms with van der Waals surface area (Å²) in [6.07, 6.45) is 1.36. The number of hydroxylamine groups is 1. The van der Waals surface area contributed by atoms with E-state index < -0.39 is 20.5 Å². The second-order valence-corrected chi connectivity index (χ2v) is 9.90. The maximum Gasteiger partial charge on any atom is 0.265 e. The molecule has 2 aromatic rings. The summed E-state index contributed by atoms with van der Waals surface area (Å²) in [5, 5.41) is 11.9. The Hall–Kier alpha value is -2.82. The molecule has 166 valence electrons. The fraction of sp³-hybridized carbons (Fsp3) is 0.381. The summed E-state index contributed by atoms with van der Waals surface area (Å²) in [6.45, 7) is 3.94. The van der Waals surface area contributed by atoms with Crippen molar-refractivity contribution >= 4 is 21.7 Å². The number of sulfone groups is 1. The third kappa shape index (κ3) is 4.46. The predicted molar refractivity (Wildman–Crippen MR) is 112 cm³/mol. The minimum atomic E-state index is -4.09. The topological polar surface area (TPSA) is 135 Å². The van der Waals surface area contributed by atoms with Gasteiger partial charge in [0, 0.05) is 31.0 Å². The maximum absolute atomic E-state index is 13.3. The number of rotatable bonds is 6. The monoisotopic (exact) mass is 447 g/mol. The smallest absolute Gasteiger partial charge is 0.265 e. The summed E-state index contributed by atoms with van der Waals surface area (Å²) < 4.78 is 30.0. The van der Waals surface area contributed by atoms with Gasteiger partial charge in [0.2, 0.25) is 0 Å². The van der Waals surface area contributed by atoms with Crippen LogP contribution in [0.5, 0.6) is 0 Å². The van der Waals surface area contributed by atoms with Gasteiger partial charge in [0.15, 0.2) is 14.6 Å². The lowest BCUT2D eigenvalue weighted by atomic mass is 9.98. The van der Waals surface area contributed by atoms with Crippen LogP contribution in [0, 0.1) is 0 Å². The van der Waals surface area contributed by atoms with Gasteiger partial charge in [0.1, 0.15) is 0 Å². The normalized spacial score (nSPS) is 16.0. The molecule has 1 saturated heterocycles. The molecule has 2 heterocycles. The number of aromatic nitrogens is 1. The van der Waals surface area contributed by atoms with E-state index in [9.17, 15) is 18.0 Å². The van der Waals surface area contributed by atoms with Crippen LogP contribution >= 0.6 is 0 Å². The molecule has 0 saturated carbocycles. The lowest BCUT2D eigenvalue weighted by Crippen LogP contribution is -2.54. The standard InChI is InChI=1S/C21H25N3O6S/c1-14(2)23-19(25)16-5-8-18(22-13-16)15-3-6-17(7-4-15)31(28,29)21(20(26)24-27)9-11-30-12-10-21/h3-8,13-14,27H,9-12H2,1-2H3,(H,23,25)(H,24,26). The predicted octanol–water partition coefficient (Wildman–Crippen LogP) is 1.72. The van der Waals surface area contributed by atoms with Crippen molar-refractivity contribution < 1.29 is 28.0 Å². The van der Waals surface area contributed by atoms with E-state index in [1.807, 2.05) is 13.8 Å². The molecule has 1 aromatic carbocycles. The molecule has 31 heavy (non-hydrogen) atoms. The highest BCUT2D eigenvalue weighted by atomic mass is 32.2. The summed E-state index contributed by atoms with van der Waals surface area (Å²) in [7, 11) is -4.09. The Balaban J connectivity index is 1.87. The minimum absolute atomic E-state index is 0.00797. The molecule has 0 aliphatic carbocycles. The Morgan fingerprint density at radius 1 is 1.10 bits per heavy atom. The van der Waals surface area contributed by atoms with Gasteiger partial charge in [0.05, 0.1) is 16.2 Å². The van der Waals surface area contributed by atoms with Crippen molar-refractivity contribution in [3.05, 3.63) is 48.2 Å². The Labute approximate surface area is 180 Å². The maximum atomic E-state index is 13.3. The molecule has 1 aromatic heterocycles. The summed E-state index contributed by atoms with van der Waals surface area (Å²) in [5.74, 6) is -1.18. The van der Waals surface area contributed by atoms with Gasteiger partial charge in [-0.3, -0.25) is 19.8 Å². The summed E-state index contributed by atoms with van der Waals surface area (Å²) >= 11 is 0. The second-order valence-electron chi connectivity index (χ2n) is 7.64. The van der Waals surface area contributed by atoms with E-state index in [4.69, 9.17) is 9.94 Å². The zero-order valence-electron chi connectivity index (χ0n) is 17.3. The van der Waals surface area contributed by atoms with E-state index in [1.165, 1.54) is 23.8 Å². The highest BCUT2D eigenvalue weighted by Crippen LogP contribution is 2.35. The van der Waals surface area contributed by atoms with Crippen LogP contribution in [-0.4, -0.2) is 54.4 Å². The molecule has 1 fully saturated rings. The molecular weight excluding hydrogens is 422 g/mol. The second kappa shape index (κ2) is 9.13. The van der Waals surface area contributed by atoms with E-state index in [0.717, 1.165) is 0 Å². The van der Waals surface area contributed by atoms with Crippen molar-refractivity contribution in [1.82, 2.24) is 15.8 Å². The number of benzene rings is 1. The van der Waals surface area contributed by atoms with Gasteiger partial charge in [-0.2, -0.15) is 0 Å². The summed E-state index contributed by atoms with van der Waals surface area (Å²) in [4.78, 5) is 28.6. The minimum Gasteiger partial charge on any atom is -0.381 e. The first-order chi connectivity index (χ1) is 14.7. The SMILES string of the molecule is CC(C)NC(=O)c1ccc(-c2ccc(S(=O)(=O)C3(C(=O)NO)CCOCC3)cc2)nc1. The zero-order chi connectivity index (χ0) is 22.6. The van der Waals surface area contributed by atoms with Gasteiger partial charge in [0.25, 0.3) is 11.8 Å². The first-order valence-electron chi connectivity index (χ1n) is 9.85. The van der Waals surface area contributed by atoms with E-state index in [-0.39, 0.29) is 42.9 Å². The molecule has 2 amide bonds. The van der Waals surface area contributed by atoms with Crippen molar-refractivity contribution in [2.24, 2.45) is 0 Å². The van der Waals surface area contributed by atoms with Gasteiger partial charge >= 0.3 is 0 Å². The first-order valence-corrected chi connectivity index (χ1v) is 11.3. The number of nitrogens with one attached hydrogen (secondary N) is 2. The van der Waals surface area contributed by atoms with Gasteiger partial charge in [-0.1, -0.05) is 12.1 Å². The lowest BCUT2D eigenvalue weighted by molar-refractivity contribution is -0.134. The Kier molecular flexibility index (Phi) is 6.73. The molecule has 1 aliphatic rings. The zero-order valence-corrected chi connectivity index (χ0v) is 18.1. The highest BCUT2D eigenvalue weighted by molar-refractivity contribution is 7.93. The van der Waals surface area contributed by atoms with Crippen molar-refractivity contribution in [2.45, 2.75) is 42.4 Å². The van der Waals surface area contributed by atoms with E-state index >= 15 is 0 Å². The van der Waals surface area contributed by atoms with Crippen LogP contribution in [0.1, 0.15) is 37.0 Å². The lowest BCUT2D eigenvalue weighted by Gasteiger charge is -2.34. The van der Waals surface area contributed by atoms with Crippen molar-refractivity contribution in [3.8, 4) is 11.3 Å². The average Bonchev–Trinajstić information content (AvgIpc) is 2.78. The molecule has 0 radical (unpaired) electrons. The molecule has 0 unspecified atom stereocenters. The first kappa shape index (κ1) is 22.9. The van der Waals surface area contributed by atoms with Crippen molar-refractivity contribution in [3.63, 3.8) is 0 Å². The Morgan fingerprint density at radius 2 is 1.74 bits per heavy atom. The molecule has 0 spiro atoms. The van der Waals surface area contributed by atoms with Gasteiger partial charge in [-0.05, 0) is 51.0 Å². The van der Waals surface area contributed by atoms with Crippen molar-refractivity contribution in [2.75, 3.05) is 13.2 Å². The van der Waals surface area contributed by atoms with Crippen LogP contribution in [0.4, 0.5) is 0 Å². The Bertz CT molecular complexity index is 1040. The van der Waals surface area contributed by atoms with Crippen LogP contribution in [0.3, 0.4) is 0 Å². The van der Waals surface area contributed by atoms with Crippen LogP contribution in [0.2, 0.25) is 0 Å². The van der Waals surface area contributed by atoms with E-state index in [0.29, 0.717) is 16.8 Å².